The Morgan fingerprint density at radius 2 is 1.79 bits per heavy atom. The number of benzene rings is 3. The van der Waals surface area contributed by atoms with Crippen LogP contribution in [0.2, 0.25) is 0 Å². The first-order chi connectivity index (χ1) is 19.5. The third kappa shape index (κ3) is 7.60. The van der Waals surface area contributed by atoms with E-state index in [2.05, 4.69) is 31.0 Å². The van der Waals surface area contributed by atoms with Gasteiger partial charge in [0.05, 0.1) is 24.2 Å². The average Bonchev–Trinajstić information content (AvgIpc) is 2.94. The maximum Gasteiger partial charge on any atom is 0.573 e. The van der Waals surface area contributed by atoms with Crippen LogP contribution in [0.1, 0.15) is 46.8 Å². The summed E-state index contributed by atoms with van der Waals surface area (Å²) < 4.78 is 47.8. The van der Waals surface area contributed by atoms with Crippen LogP contribution < -0.4 is 24.8 Å². The number of aryl methyl sites for hydroxylation is 1. The summed E-state index contributed by atoms with van der Waals surface area (Å²) >= 11 is 3.43. The topological polar surface area (TPSA) is 91.3 Å². The maximum atomic E-state index is 12.9. The van der Waals surface area contributed by atoms with Crippen molar-refractivity contribution >= 4 is 57.7 Å². The second-order valence-electron chi connectivity index (χ2n) is 9.50. The highest BCUT2D eigenvalue weighted by atomic mass is 79.9. The average molecular weight is 673 g/mol. The van der Waals surface area contributed by atoms with E-state index in [4.69, 9.17) is 4.74 Å². The number of alkyl halides is 3. The molecule has 3 aromatic rings. The van der Waals surface area contributed by atoms with Gasteiger partial charge < -0.3 is 24.3 Å². The highest BCUT2D eigenvalue weighted by Gasteiger charge is 2.32. The predicted octanol–water partition coefficient (Wildman–Crippen LogP) is 7.55. The van der Waals surface area contributed by atoms with Crippen LogP contribution in [-0.4, -0.2) is 43.9 Å². The number of methoxy groups -OCH3 is 1. The number of piperidine rings is 1. The molecule has 0 bridgehead atoms. The second-order valence-corrected chi connectivity index (χ2v) is 10.4. The Morgan fingerprint density at radius 3 is 2.36 bits per heavy atom. The van der Waals surface area contributed by atoms with Crippen LogP contribution in [0.15, 0.2) is 59.1 Å². The number of para-hydroxylation sites is 1. The van der Waals surface area contributed by atoms with E-state index in [9.17, 15) is 27.9 Å². The number of ether oxygens (including phenoxy) is 2. The van der Waals surface area contributed by atoms with Gasteiger partial charge in [0.25, 0.3) is 0 Å². The lowest BCUT2D eigenvalue weighted by atomic mass is 10.0. The molecule has 0 aromatic heterocycles. The SMILES string of the molecule is COc1cc(C(C=O)N(Nc2ccc(OC(F)(F)F)cc2)c2c(C)cccc2N2CCCCC2)c(Br)cc1C(=O)O.Cl. The molecule has 0 amide bonds. The number of nitrogens with one attached hydrogen (secondary N) is 1. The largest absolute Gasteiger partial charge is 0.573 e. The van der Waals surface area contributed by atoms with E-state index >= 15 is 0 Å². The number of carboxylic acids is 1. The third-order valence-electron chi connectivity index (χ3n) is 6.77. The van der Waals surface area contributed by atoms with Crippen LogP contribution in [0, 0.1) is 6.92 Å². The molecule has 0 saturated carbocycles. The molecule has 0 spiro atoms. The summed E-state index contributed by atoms with van der Waals surface area (Å²) in [6.07, 6.45) is -0.983. The molecule has 226 valence electrons. The minimum absolute atomic E-state index is 0. The molecule has 2 N–H and O–H groups in total. The smallest absolute Gasteiger partial charge is 0.496 e. The van der Waals surface area contributed by atoms with Crippen LogP contribution in [-0.2, 0) is 4.79 Å². The van der Waals surface area contributed by atoms with Crippen LogP contribution >= 0.6 is 28.3 Å². The van der Waals surface area contributed by atoms with E-state index in [1.807, 2.05) is 25.1 Å². The highest BCUT2D eigenvalue weighted by molar-refractivity contribution is 9.10. The summed E-state index contributed by atoms with van der Waals surface area (Å²) in [5, 5.41) is 11.3. The first-order valence-electron chi connectivity index (χ1n) is 12.8. The summed E-state index contributed by atoms with van der Waals surface area (Å²) in [5.41, 5.74) is 6.35. The molecular weight excluding hydrogens is 643 g/mol. The molecule has 1 aliphatic rings. The van der Waals surface area contributed by atoms with Crippen LogP contribution in [0.3, 0.4) is 0 Å². The Labute approximate surface area is 255 Å². The number of nitrogens with zero attached hydrogens (tertiary/aromatic N) is 2. The van der Waals surface area contributed by atoms with Crippen LogP contribution in [0.5, 0.6) is 11.5 Å². The molecule has 1 fully saturated rings. The van der Waals surface area contributed by atoms with Gasteiger partial charge in [0.1, 0.15) is 29.4 Å². The summed E-state index contributed by atoms with van der Waals surface area (Å²) in [6, 6.07) is 12.8. The molecule has 42 heavy (non-hydrogen) atoms. The molecule has 3 aromatic carbocycles. The molecule has 1 aliphatic heterocycles. The van der Waals surface area contributed by atoms with Gasteiger partial charge >= 0.3 is 12.3 Å². The molecule has 1 atom stereocenters. The monoisotopic (exact) mass is 671 g/mol. The van der Waals surface area contributed by atoms with Gasteiger partial charge in [-0.25, -0.2) is 4.79 Å². The Bertz CT molecular complexity index is 1400. The lowest BCUT2D eigenvalue weighted by Gasteiger charge is -2.38. The third-order valence-corrected chi connectivity index (χ3v) is 7.45. The number of aldehydes is 1. The fourth-order valence-corrected chi connectivity index (χ4v) is 5.46. The standard InChI is InChI=1S/C29H29BrF3N3O5.ClH/c1-18-7-6-8-24(35-13-4-3-5-14-35)27(18)36(34-19-9-11-20(12-10-19)41-29(31,32)33)25(17-37)21-16-26(40-2)22(28(38)39)15-23(21)30;/h6-12,15-17,25,34H,3-5,13-14H2,1-2H3,(H,38,39);1H. The maximum absolute atomic E-state index is 12.9. The van der Waals surface area contributed by atoms with Crippen molar-refractivity contribution < 1.29 is 37.3 Å². The number of carbonyl (C=O) groups excluding carboxylic acids is 1. The predicted molar refractivity (Wildman–Crippen MR) is 160 cm³/mol. The first-order valence-corrected chi connectivity index (χ1v) is 13.6. The molecule has 0 radical (unpaired) electrons. The molecule has 13 heteroatoms. The zero-order chi connectivity index (χ0) is 29.7. The van der Waals surface area contributed by atoms with Gasteiger partial charge in [0.2, 0.25) is 0 Å². The van der Waals surface area contributed by atoms with Gasteiger partial charge in [-0.1, -0.05) is 28.1 Å². The minimum Gasteiger partial charge on any atom is -0.496 e. The Morgan fingerprint density at radius 1 is 1.12 bits per heavy atom. The van der Waals surface area contributed by atoms with E-state index < -0.39 is 18.4 Å². The quantitative estimate of drug-likeness (QED) is 0.169. The van der Waals surface area contributed by atoms with Crippen molar-refractivity contribution in [3.8, 4) is 11.5 Å². The van der Waals surface area contributed by atoms with Gasteiger partial charge in [0.15, 0.2) is 0 Å². The van der Waals surface area contributed by atoms with Gasteiger partial charge in [-0.15, -0.1) is 25.6 Å². The van der Waals surface area contributed by atoms with Gasteiger partial charge in [0, 0.05) is 23.1 Å². The lowest BCUT2D eigenvalue weighted by molar-refractivity contribution is -0.274. The highest BCUT2D eigenvalue weighted by Crippen LogP contribution is 2.41. The van der Waals surface area contributed by atoms with Crippen molar-refractivity contribution in [1.29, 1.82) is 0 Å². The van der Waals surface area contributed by atoms with E-state index in [0.717, 1.165) is 43.6 Å². The van der Waals surface area contributed by atoms with E-state index in [0.29, 0.717) is 27.7 Å². The molecule has 8 nitrogen and oxygen atoms in total. The number of carboxylic acid groups (broad SMARTS) is 1. The molecule has 1 saturated heterocycles. The normalized spacial score (nSPS) is 13.9. The summed E-state index contributed by atoms with van der Waals surface area (Å²) in [6.45, 7) is 3.55. The van der Waals surface area contributed by atoms with Crippen molar-refractivity contribution in [2.24, 2.45) is 0 Å². The number of carbonyl (C=O) groups is 2. The van der Waals surface area contributed by atoms with Crippen molar-refractivity contribution in [3.05, 3.63) is 75.8 Å². The van der Waals surface area contributed by atoms with E-state index in [-0.39, 0.29) is 29.5 Å². The molecule has 4 rings (SSSR count). The van der Waals surface area contributed by atoms with Crippen LogP contribution in [0.4, 0.5) is 30.2 Å². The number of hydrogen-bond donors (Lipinski definition) is 2. The number of rotatable bonds is 10. The van der Waals surface area contributed by atoms with Gasteiger partial charge in [-0.3, -0.25) is 10.4 Å². The fraction of sp³-hybridized carbons (Fsp3) is 0.310. The number of anilines is 3. The number of halogens is 5. The fourth-order valence-electron chi connectivity index (χ4n) is 4.89. The Hall–Kier alpha value is -3.64. The minimum atomic E-state index is -4.83. The number of hydrazine groups is 1. The van der Waals surface area contributed by atoms with Crippen molar-refractivity contribution in [2.45, 2.75) is 38.6 Å². The summed E-state index contributed by atoms with van der Waals surface area (Å²) in [7, 11) is 1.34. The van der Waals surface area contributed by atoms with E-state index in [1.165, 1.54) is 43.5 Å². The molecular formula is C29H30BrClF3N3O5. The zero-order valence-corrected chi connectivity index (χ0v) is 25.2. The lowest BCUT2D eigenvalue weighted by Crippen LogP contribution is -2.38. The second kappa shape index (κ2) is 14.0. The summed E-state index contributed by atoms with van der Waals surface area (Å²) in [5.74, 6) is -1.51. The first kappa shape index (κ1) is 32.9. The molecule has 0 aliphatic carbocycles. The van der Waals surface area contributed by atoms with Gasteiger partial charge in [-0.05, 0) is 74.2 Å². The number of hydrogen-bond acceptors (Lipinski definition) is 7. The zero-order valence-electron chi connectivity index (χ0n) is 22.8. The molecule has 1 unspecified atom stereocenters. The molecule has 1 heterocycles. The summed E-state index contributed by atoms with van der Waals surface area (Å²) in [4.78, 5) is 26.9. The number of aromatic carboxylic acids is 1. The van der Waals surface area contributed by atoms with Crippen molar-refractivity contribution in [2.75, 3.05) is 35.5 Å². The Kier molecular flexibility index (Phi) is 11.0. The van der Waals surface area contributed by atoms with Crippen molar-refractivity contribution in [1.82, 2.24) is 0 Å². The van der Waals surface area contributed by atoms with Crippen LogP contribution in [0.25, 0.3) is 0 Å². The van der Waals surface area contributed by atoms with Gasteiger partial charge in [-0.2, -0.15) is 0 Å². The van der Waals surface area contributed by atoms with E-state index in [1.54, 1.807) is 5.01 Å². The Balaban J connectivity index is 0.00000484. The van der Waals surface area contributed by atoms with Crippen molar-refractivity contribution in [3.63, 3.8) is 0 Å².